The highest BCUT2D eigenvalue weighted by atomic mass is 32.1. The molecule has 1 aliphatic heterocycles. The maximum Gasteiger partial charge on any atom is 0.345 e. The summed E-state index contributed by atoms with van der Waals surface area (Å²) in [6.45, 7) is 6.63. The summed E-state index contributed by atoms with van der Waals surface area (Å²) in [7, 11) is 0. The van der Waals surface area contributed by atoms with Gasteiger partial charge in [0, 0.05) is 24.2 Å². The van der Waals surface area contributed by atoms with Gasteiger partial charge in [0.05, 0.1) is 0 Å². The van der Waals surface area contributed by atoms with E-state index in [0.717, 1.165) is 24.7 Å². The van der Waals surface area contributed by atoms with Crippen LogP contribution in [0.4, 0.5) is 5.69 Å². The zero-order valence-corrected chi connectivity index (χ0v) is 10.5. The number of carboxylic acids is 1. The molecule has 16 heavy (non-hydrogen) atoms. The molecule has 0 amide bonds. The van der Waals surface area contributed by atoms with Gasteiger partial charge in [-0.15, -0.1) is 11.3 Å². The van der Waals surface area contributed by atoms with E-state index in [9.17, 15) is 4.79 Å². The van der Waals surface area contributed by atoms with E-state index in [0.29, 0.717) is 10.8 Å². The third-order valence-electron chi connectivity index (χ3n) is 3.33. The molecule has 1 aliphatic rings. The smallest absolute Gasteiger partial charge is 0.345 e. The second-order valence-electron chi connectivity index (χ2n) is 4.71. The molecule has 1 atom stereocenters. The number of carbonyl (C=O) groups is 1. The Labute approximate surface area is 99.7 Å². The molecule has 2 rings (SSSR count). The Morgan fingerprint density at radius 3 is 2.88 bits per heavy atom. The molecule has 0 spiro atoms. The molecule has 4 heteroatoms. The summed E-state index contributed by atoms with van der Waals surface area (Å²) in [5, 5.41) is 10.8. The van der Waals surface area contributed by atoms with Gasteiger partial charge < -0.3 is 10.0 Å². The molecule has 1 aromatic heterocycles. The van der Waals surface area contributed by atoms with Crippen molar-refractivity contribution >= 4 is 23.0 Å². The number of hydrogen-bond acceptors (Lipinski definition) is 3. The molecule has 0 bridgehead atoms. The number of nitrogens with zero attached hydrogens (tertiary/aromatic N) is 1. The summed E-state index contributed by atoms with van der Waals surface area (Å²) in [6.07, 6.45) is 1.22. The summed E-state index contributed by atoms with van der Waals surface area (Å²) in [4.78, 5) is 13.5. The van der Waals surface area contributed by atoms with Crippen molar-refractivity contribution in [2.45, 2.75) is 20.3 Å². The van der Waals surface area contributed by atoms with Gasteiger partial charge in [0.2, 0.25) is 0 Å². The Morgan fingerprint density at radius 1 is 1.62 bits per heavy atom. The first-order chi connectivity index (χ1) is 7.58. The van der Waals surface area contributed by atoms with Crippen molar-refractivity contribution in [3.8, 4) is 0 Å². The van der Waals surface area contributed by atoms with Gasteiger partial charge >= 0.3 is 5.97 Å². The number of hydrogen-bond donors (Lipinski definition) is 1. The van der Waals surface area contributed by atoms with Crippen molar-refractivity contribution in [1.29, 1.82) is 0 Å². The summed E-state index contributed by atoms with van der Waals surface area (Å²) >= 11 is 1.31. The lowest BCUT2D eigenvalue weighted by Gasteiger charge is -2.18. The Morgan fingerprint density at radius 2 is 2.38 bits per heavy atom. The molecule has 1 unspecified atom stereocenters. The first-order valence-electron chi connectivity index (χ1n) is 5.64. The fraction of sp³-hybridized carbons (Fsp3) is 0.583. The third kappa shape index (κ3) is 2.21. The van der Waals surface area contributed by atoms with Gasteiger partial charge in [0.15, 0.2) is 0 Å². The van der Waals surface area contributed by atoms with E-state index in [-0.39, 0.29) is 0 Å². The topological polar surface area (TPSA) is 40.5 Å². The quantitative estimate of drug-likeness (QED) is 0.881. The average Bonchev–Trinajstić information content (AvgIpc) is 2.86. The Kier molecular flexibility index (Phi) is 3.19. The molecular formula is C12H17NO2S. The molecule has 1 N–H and O–H groups in total. The highest BCUT2D eigenvalue weighted by molar-refractivity contribution is 7.12. The van der Waals surface area contributed by atoms with Crippen LogP contribution in [0, 0.1) is 11.8 Å². The van der Waals surface area contributed by atoms with Crippen LogP contribution in [0.1, 0.15) is 29.9 Å². The van der Waals surface area contributed by atoms with Crippen molar-refractivity contribution < 1.29 is 9.90 Å². The monoisotopic (exact) mass is 239 g/mol. The normalized spacial score (nSPS) is 20.7. The summed E-state index contributed by atoms with van der Waals surface area (Å²) in [5.41, 5.74) is 1.07. The second kappa shape index (κ2) is 4.45. The zero-order valence-electron chi connectivity index (χ0n) is 9.64. The lowest BCUT2D eigenvalue weighted by molar-refractivity contribution is 0.0702. The molecule has 0 radical (unpaired) electrons. The van der Waals surface area contributed by atoms with E-state index in [2.05, 4.69) is 18.7 Å². The molecule has 88 valence electrons. The fourth-order valence-corrected chi connectivity index (χ4v) is 2.92. The van der Waals surface area contributed by atoms with Crippen LogP contribution in [-0.2, 0) is 0 Å². The average molecular weight is 239 g/mol. The Bertz CT molecular complexity index is 386. The Hall–Kier alpha value is -1.03. The van der Waals surface area contributed by atoms with Crippen LogP contribution in [0.15, 0.2) is 11.4 Å². The van der Waals surface area contributed by atoms with E-state index < -0.39 is 5.97 Å². The van der Waals surface area contributed by atoms with Gasteiger partial charge in [-0.1, -0.05) is 13.8 Å². The van der Waals surface area contributed by atoms with Crippen molar-refractivity contribution in [2.24, 2.45) is 11.8 Å². The number of aromatic carboxylic acids is 1. The highest BCUT2D eigenvalue weighted by Gasteiger charge is 2.25. The molecule has 0 aromatic carbocycles. The maximum absolute atomic E-state index is 10.8. The van der Waals surface area contributed by atoms with Crippen molar-refractivity contribution in [2.75, 3.05) is 18.0 Å². The molecule has 1 fully saturated rings. The number of thiophene rings is 1. The van der Waals surface area contributed by atoms with Crippen LogP contribution in [0.3, 0.4) is 0 Å². The van der Waals surface area contributed by atoms with E-state index in [1.54, 1.807) is 6.07 Å². The standard InChI is InChI=1S/C12H17NO2S/c1-8(2)9-3-4-13(6-9)10-5-11(12(14)15)16-7-10/h5,7-9H,3-4,6H2,1-2H3,(H,14,15). The van der Waals surface area contributed by atoms with Gasteiger partial charge in [-0.25, -0.2) is 4.79 Å². The predicted molar refractivity (Wildman–Crippen MR) is 66.4 cm³/mol. The number of anilines is 1. The largest absolute Gasteiger partial charge is 0.477 e. The lowest BCUT2D eigenvalue weighted by Crippen LogP contribution is -2.20. The van der Waals surface area contributed by atoms with Crippen LogP contribution in [0.2, 0.25) is 0 Å². The number of carboxylic acid groups (broad SMARTS) is 1. The highest BCUT2D eigenvalue weighted by Crippen LogP contribution is 2.31. The first kappa shape index (κ1) is 11.5. The van der Waals surface area contributed by atoms with Crippen molar-refractivity contribution in [3.63, 3.8) is 0 Å². The summed E-state index contributed by atoms with van der Waals surface area (Å²) in [6, 6.07) is 1.79. The van der Waals surface area contributed by atoms with Crippen LogP contribution >= 0.6 is 11.3 Å². The molecule has 2 heterocycles. The number of rotatable bonds is 3. The molecule has 1 saturated heterocycles. The maximum atomic E-state index is 10.8. The SMILES string of the molecule is CC(C)C1CCN(c2csc(C(=O)O)c2)C1. The third-order valence-corrected chi connectivity index (χ3v) is 4.23. The van der Waals surface area contributed by atoms with Crippen molar-refractivity contribution in [1.82, 2.24) is 0 Å². The van der Waals surface area contributed by atoms with Gasteiger partial charge in [-0.05, 0) is 24.3 Å². The van der Waals surface area contributed by atoms with Gasteiger partial charge in [0.25, 0.3) is 0 Å². The summed E-state index contributed by atoms with van der Waals surface area (Å²) < 4.78 is 0. The van der Waals surface area contributed by atoms with E-state index in [4.69, 9.17) is 5.11 Å². The molecule has 1 aromatic rings. The molecule has 0 saturated carbocycles. The van der Waals surface area contributed by atoms with E-state index >= 15 is 0 Å². The zero-order chi connectivity index (χ0) is 11.7. The van der Waals surface area contributed by atoms with Crippen LogP contribution in [0.5, 0.6) is 0 Å². The van der Waals surface area contributed by atoms with Gasteiger partial charge in [-0.3, -0.25) is 0 Å². The molecule has 0 aliphatic carbocycles. The van der Waals surface area contributed by atoms with E-state index in [1.165, 1.54) is 17.8 Å². The molecular weight excluding hydrogens is 222 g/mol. The van der Waals surface area contributed by atoms with Gasteiger partial charge in [-0.2, -0.15) is 0 Å². The molecule has 3 nitrogen and oxygen atoms in total. The first-order valence-corrected chi connectivity index (χ1v) is 6.52. The second-order valence-corrected chi connectivity index (χ2v) is 5.62. The lowest BCUT2D eigenvalue weighted by atomic mass is 9.95. The Balaban J connectivity index is 2.06. The minimum atomic E-state index is -0.823. The minimum Gasteiger partial charge on any atom is -0.477 e. The minimum absolute atomic E-state index is 0.433. The van der Waals surface area contributed by atoms with Crippen LogP contribution in [-0.4, -0.2) is 24.2 Å². The summed E-state index contributed by atoms with van der Waals surface area (Å²) in [5.74, 6) is 0.631. The van der Waals surface area contributed by atoms with Crippen LogP contribution < -0.4 is 4.90 Å². The van der Waals surface area contributed by atoms with Crippen molar-refractivity contribution in [3.05, 3.63) is 16.3 Å². The van der Waals surface area contributed by atoms with E-state index in [1.807, 2.05) is 5.38 Å². The van der Waals surface area contributed by atoms with Gasteiger partial charge in [0.1, 0.15) is 4.88 Å². The predicted octanol–water partition coefficient (Wildman–Crippen LogP) is 2.93. The van der Waals surface area contributed by atoms with Crippen LogP contribution in [0.25, 0.3) is 0 Å². The fourth-order valence-electron chi connectivity index (χ4n) is 2.17.